The van der Waals surface area contributed by atoms with Gasteiger partial charge >= 0.3 is 6.09 Å². The van der Waals surface area contributed by atoms with Gasteiger partial charge in [0.15, 0.2) is 11.9 Å². The van der Waals surface area contributed by atoms with Crippen molar-refractivity contribution in [2.45, 2.75) is 31.9 Å². The Bertz CT molecular complexity index is 927. The first-order valence-corrected chi connectivity index (χ1v) is 10.7. The molecule has 0 aromatic heterocycles. The topological polar surface area (TPSA) is 55.4 Å². The lowest BCUT2D eigenvalue weighted by atomic mass is 9.81. The number of piperidine rings is 3. The largest absolute Gasteiger partial charge is 0.436 e. The number of carbonyl (C=O) groups is 2. The Morgan fingerprint density at radius 3 is 2.16 bits per heavy atom. The summed E-state index contributed by atoms with van der Waals surface area (Å²) in [6, 6.07) is 11.4. The van der Waals surface area contributed by atoms with Gasteiger partial charge in [0, 0.05) is 19.8 Å². The molecule has 3 fully saturated rings. The Morgan fingerprint density at radius 2 is 1.65 bits per heavy atom. The van der Waals surface area contributed by atoms with E-state index in [0.29, 0.717) is 34.6 Å². The average Bonchev–Trinajstić information content (AvgIpc) is 2.72. The fraction of sp³-hybridized carbons (Fsp3) is 0.417. The third-order valence-corrected chi connectivity index (χ3v) is 6.49. The lowest BCUT2D eigenvalue weighted by molar-refractivity contribution is -0.936. The van der Waals surface area contributed by atoms with Gasteiger partial charge in [0.25, 0.3) is 0 Å². The number of hydrogen-bond acceptors (Lipinski definition) is 3. The number of rotatable bonds is 6. The SMILES string of the molecule is CC(=O)C[N+]12CCC(CC1)[C@@H](NC(=O)OC(c1cccc(F)c1)c1cccc(F)c1)C2. The number of amides is 1. The summed E-state index contributed by atoms with van der Waals surface area (Å²) >= 11 is 0. The van der Waals surface area contributed by atoms with Crippen LogP contribution in [0.2, 0.25) is 0 Å². The Kier molecular flexibility index (Phi) is 6.05. The van der Waals surface area contributed by atoms with Gasteiger partial charge in [0.2, 0.25) is 0 Å². The molecular weight excluding hydrogens is 402 g/mol. The summed E-state index contributed by atoms with van der Waals surface area (Å²) in [5, 5.41) is 2.97. The fourth-order valence-corrected chi connectivity index (χ4v) is 5.11. The number of alkyl carbamates (subject to hydrolysis) is 1. The average molecular weight is 429 g/mol. The summed E-state index contributed by atoms with van der Waals surface area (Å²) in [4.78, 5) is 24.6. The summed E-state index contributed by atoms with van der Waals surface area (Å²) in [6.45, 7) is 4.69. The van der Waals surface area contributed by atoms with Crippen molar-refractivity contribution in [1.82, 2.24) is 5.32 Å². The molecule has 2 aromatic carbocycles. The van der Waals surface area contributed by atoms with Crippen molar-refractivity contribution in [2.75, 3.05) is 26.2 Å². The lowest BCUT2D eigenvalue weighted by Crippen LogP contribution is -2.68. The van der Waals surface area contributed by atoms with E-state index in [0.717, 1.165) is 25.9 Å². The van der Waals surface area contributed by atoms with Crippen molar-refractivity contribution in [3.63, 3.8) is 0 Å². The highest BCUT2D eigenvalue weighted by Crippen LogP contribution is 2.34. The quantitative estimate of drug-likeness (QED) is 0.707. The summed E-state index contributed by atoms with van der Waals surface area (Å²) in [7, 11) is 0. The van der Waals surface area contributed by atoms with E-state index in [-0.39, 0.29) is 11.8 Å². The fourth-order valence-electron chi connectivity index (χ4n) is 5.11. The van der Waals surface area contributed by atoms with Crippen LogP contribution in [0, 0.1) is 17.6 Å². The molecule has 0 unspecified atom stereocenters. The number of ketones is 1. The highest BCUT2D eigenvalue weighted by molar-refractivity contribution is 5.76. The third kappa shape index (κ3) is 4.93. The van der Waals surface area contributed by atoms with Gasteiger partial charge in [-0.15, -0.1) is 0 Å². The number of quaternary nitrogens is 1. The highest BCUT2D eigenvalue weighted by Gasteiger charge is 2.47. The van der Waals surface area contributed by atoms with Crippen molar-refractivity contribution in [1.29, 1.82) is 0 Å². The van der Waals surface area contributed by atoms with Gasteiger partial charge in [-0.25, -0.2) is 13.6 Å². The molecule has 1 N–H and O–H groups in total. The van der Waals surface area contributed by atoms with Crippen molar-refractivity contribution in [2.24, 2.45) is 5.92 Å². The number of nitrogens with zero attached hydrogens (tertiary/aromatic N) is 1. The first-order valence-electron chi connectivity index (χ1n) is 10.7. The third-order valence-electron chi connectivity index (χ3n) is 6.49. The maximum absolute atomic E-state index is 13.8. The molecule has 1 atom stereocenters. The van der Waals surface area contributed by atoms with E-state index in [9.17, 15) is 18.4 Å². The number of nitrogens with one attached hydrogen (secondary N) is 1. The minimum Gasteiger partial charge on any atom is -0.436 e. The van der Waals surface area contributed by atoms with Crippen LogP contribution in [0.5, 0.6) is 0 Å². The zero-order valence-corrected chi connectivity index (χ0v) is 17.5. The monoisotopic (exact) mass is 429 g/mol. The van der Waals surface area contributed by atoms with Crippen molar-refractivity contribution in [3.8, 4) is 0 Å². The van der Waals surface area contributed by atoms with Crippen molar-refractivity contribution >= 4 is 11.9 Å². The van der Waals surface area contributed by atoms with Gasteiger partial charge in [-0.2, -0.15) is 0 Å². The summed E-state index contributed by atoms with van der Waals surface area (Å²) in [6.07, 6.45) is 0.344. The van der Waals surface area contributed by atoms with Gasteiger partial charge < -0.3 is 14.5 Å². The van der Waals surface area contributed by atoms with Crippen LogP contribution in [0.15, 0.2) is 48.5 Å². The number of hydrogen-bond donors (Lipinski definition) is 1. The Morgan fingerprint density at radius 1 is 1.06 bits per heavy atom. The number of Topliss-reactive ketones (excluding diaryl/α,β-unsaturated/α-hetero) is 1. The van der Waals surface area contributed by atoms with Gasteiger partial charge in [-0.1, -0.05) is 24.3 Å². The minimum atomic E-state index is -0.937. The van der Waals surface area contributed by atoms with Crippen molar-refractivity contribution < 1.29 is 27.6 Å². The standard InChI is InChI=1S/C24H26F2N2O3/c1-16(29)14-28-10-8-17(9-11-28)22(15-28)27-24(30)31-23(18-4-2-6-20(25)12-18)19-5-3-7-21(26)13-19/h2-7,12-13,17,22-23H,8-11,14-15H2,1H3/p+1/t17?,22-,28?/m0/s1. The number of benzene rings is 2. The van der Waals surface area contributed by atoms with Gasteiger partial charge in [0.05, 0.1) is 25.7 Å². The predicted molar refractivity (Wildman–Crippen MR) is 111 cm³/mol. The molecule has 1 amide bonds. The number of halogens is 2. The molecule has 5 nitrogen and oxygen atoms in total. The second-order valence-electron chi connectivity index (χ2n) is 8.82. The van der Waals surface area contributed by atoms with Gasteiger partial charge in [-0.3, -0.25) is 4.79 Å². The maximum Gasteiger partial charge on any atom is 0.408 e. The second-order valence-corrected chi connectivity index (χ2v) is 8.82. The van der Waals surface area contributed by atoms with Gasteiger partial charge in [0.1, 0.15) is 18.2 Å². The molecule has 0 spiro atoms. The zero-order chi connectivity index (χ0) is 22.0. The first-order chi connectivity index (χ1) is 14.8. The van der Waals surface area contributed by atoms with E-state index in [2.05, 4.69) is 5.32 Å². The molecular formula is C24H27F2N2O3+. The van der Waals surface area contributed by atoms with Crippen LogP contribution in [0.4, 0.5) is 13.6 Å². The first kappa shape index (κ1) is 21.4. The molecule has 3 heterocycles. The van der Waals surface area contributed by atoms with E-state index < -0.39 is 23.8 Å². The van der Waals surface area contributed by atoms with E-state index in [1.54, 1.807) is 19.1 Å². The van der Waals surface area contributed by atoms with Crippen LogP contribution in [-0.4, -0.2) is 48.6 Å². The van der Waals surface area contributed by atoms with Crippen LogP contribution < -0.4 is 5.32 Å². The molecule has 2 bridgehead atoms. The summed E-state index contributed by atoms with van der Waals surface area (Å²) in [5.41, 5.74) is 0.851. The molecule has 3 aliphatic heterocycles. The molecule has 0 saturated carbocycles. The zero-order valence-electron chi connectivity index (χ0n) is 17.5. The second kappa shape index (κ2) is 8.75. The maximum atomic E-state index is 13.8. The lowest BCUT2D eigenvalue weighted by Gasteiger charge is -2.52. The molecule has 5 rings (SSSR count). The molecule has 2 aromatic rings. The van der Waals surface area contributed by atoms with E-state index in [4.69, 9.17) is 4.74 Å². The number of ether oxygens (including phenoxy) is 1. The van der Waals surface area contributed by atoms with E-state index >= 15 is 0 Å². The molecule has 0 radical (unpaired) electrons. The highest BCUT2D eigenvalue weighted by atomic mass is 19.1. The summed E-state index contributed by atoms with van der Waals surface area (Å²) < 4.78 is 34.0. The van der Waals surface area contributed by atoms with Crippen LogP contribution in [0.25, 0.3) is 0 Å². The Balaban J connectivity index is 1.51. The van der Waals surface area contributed by atoms with E-state index in [1.807, 2.05) is 0 Å². The number of fused-ring (bicyclic) bond motifs is 3. The predicted octanol–water partition coefficient (Wildman–Crippen LogP) is 3.98. The Labute approximate surface area is 180 Å². The Hall–Kier alpha value is -2.80. The van der Waals surface area contributed by atoms with Gasteiger partial charge in [-0.05, 0) is 41.3 Å². The molecule has 31 heavy (non-hydrogen) atoms. The molecule has 3 saturated heterocycles. The smallest absolute Gasteiger partial charge is 0.408 e. The molecule has 0 aliphatic carbocycles. The van der Waals surface area contributed by atoms with Crippen LogP contribution in [0.1, 0.15) is 37.0 Å². The normalized spacial score (nSPS) is 24.8. The summed E-state index contributed by atoms with van der Waals surface area (Å²) in [5.74, 6) is -0.424. The van der Waals surface area contributed by atoms with Crippen LogP contribution in [-0.2, 0) is 9.53 Å². The van der Waals surface area contributed by atoms with E-state index in [1.165, 1.54) is 36.4 Å². The molecule has 3 aliphatic rings. The number of carbonyl (C=O) groups excluding carboxylic acids is 2. The molecule has 7 heteroatoms. The van der Waals surface area contributed by atoms with Crippen LogP contribution >= 0.6 is 0 Å². The van der Waals surface area contributed by atoms with Crippen LogP contribution in [0.3, 0.4) is 0 Å². The minimum absolute atomic E-state index is 0.0879. The van der Waals surface area contributed by atoms with Crippen molar-refractivity contribution in [3.05, 3.63) is 71.3 Å². The molecule has 164 valence electrons.